The summed E-state index contributed by atoms with van der Waals surface area (Å²) in [5.41, 5.74) is 3.00. The summed E-state index contributed by atoms with van der Waals surface area (Å²) in [6.07, 6.45) is 2.09. The molecular weight excluding hydrogens is 236 g/mol. The van der Waals surface area contributed by atoms with Crippen molar-refractivity contribution in [1.82, 2.24) is 0 Å². The second kappa shape index (κ2) is 6.55. The van der Waals surface area contributed by atoms with Gasteiger partial charge in [0, 0.05) is 0 Å². The first kappa shape index (κ1) is 13.1. The van der Waals surface area contributed by atoms with Gasteiger partial charge in [0.1, 0.15) is 6.61 Å². The first-order valence-electron chi connectivity index (χ1n) is 6.19. The van der Waals surface area contributed by atoms with Crippen LogP contribution in [-0.4, -0.2) is 5.97 Å². The molecule has 0 aromatic heterocycles. The Morgan fingerprint density at radius 1 is 1.00 bits per heavy atom. The Morgan fingerprint density at radius 3 is 2.32 bits per heavy atom. The molecule has 0 aliphatic heterocycles. The molecule has 96 valence electrons. The van der Waals surface area contributed by atoms with Crippen LogP contribution < -0.4 is 0 Å². The minimum Gasteiger partial charge on any atom is -0.461 e. The first-order chi connectivity index (χ1) is 9.28. The van der Waals surface area contributed by atoms with Gasteiger partial charge in [0.2, 0.25) is 0 Å². The van der Waals surface area contributed by atoms with Crippen LogP contribution in [0, 0.1) is 0 Å². The molecule has 2 aromatic carbocycles. The van der Waals surface area contributed by atoms with Crippen molar-refractivity contribution in [2.24, 2.45) is 0 Å². The summed E-state index contributed by atoms with van der Waals surface area (Å²) in [7, 11) is 0. The molecule has 19 heavy (non-hydrogen) atoms. The van der Waals surface area contributed by atoms with Crippen LogP contribution in [0.5, 0.6) is 0 Å². The molecule has 2 rings (SSSR count). The molecule has 0 fully saturated rings. The van der Waals surface area contributed by atoms with Gasteiger partial charge in [-0.05, 0) is 16.7 Å². The Morgan fingerprint density at radius 2 is 1.68 bits per heavy atom. The van der Waals surface area contributed by atoms with Gasteiger partial charge in [-0.15, -0.1) is 0 Å². The summed E-state index contributed by atoms with van der Waals surface area (Å²) in [5, 5.41) is 0. The summed E-state index contributed by atoms with van der Waals surface area (Å²) >= 11 is 0. The van der Waals surface area contributed by atoms with E-state index in [9.17, 15) is 4.79 Å². The van der Waals surface area contributed by atoms with E-state index in [0.717, 1.165) is 16.7 Å². The van der Waals surface area contributed by atoms with E-state index in [-0.39, 0.29) is 5.97 Å². The monoisotopic (exact) mass is 252 g/mol. The van der Waals surface area contributed by atoms with E-state index in [1.54, 1.807) is 6.08 Å². The topological polar surface area (TPSA) is 26.3 Å². The van der Waals surface area contributed by atoms with E-state index >= 15 is 0 Å². The van der Waals surface area contributed by atoms with Crippen LogP contribution in [0.3, 0.4) is 0 Å². The summed E-state index contributed by atoms with van der Waals surface area (Å²) in [5.74, 6) is -0.209. The Labute approximate surface area is 113 Å². The van der Waals surface area contributed by atoms with Gasteiger partial charge in [0.15, 0.2) is 0 Å². The predicted molar refractivity (Wildman–Crippen MR) is 76.5 cm³/mol. The molecule has 0 unspecified atom stereocenters. The molecule has 0 spiro atoms. The predicted octanol–water partition coefficient (Wildman–Crippen LogP) is 3.62. The van der Waals surface area contributed by atoms with Gasteiger partial charge < -0.3 is 4.74 Å². The molecule has 0 amide bonds. The Bertz CT molecular complexity index is 541. The lowest BCUT2D eigenvalue weighted by atomic mass is 10.1. The van der Waals surface area contributed by atoms with Crippen molar-refractivity contribution in [2.45, 2.75) is 13.0 Å². The second-order valence-electron chi connectivity index (χ2n) is 4.27. The Hall–Kier alpha value is -2.35. The highest BCUT2D eigenvalue weighted by molar-refractivity contribution is 5.72. The van der Waals surface area contributed by atoms with Gasteiger partial charge in [-0.1, -0.05) is 67.3 Å². The zero-order valence-corrected chi connectivity index (χ0v) is 10.7. The first-order valence-corrected chi connectivity index (χ1v) is 6.19. The molecule has 0 aliphatic carbocycles. The standard InChI is InChI=1S/C17H16O2/c1-2-14-8-10-16(11-9-14)13-19-17(18)12-15-6-4-3-5-7-15/h2-11H,1,12-13H2. The van der Waals surface area contributed by atoms with Crippen LogP contribution in [0.15, 0.2) is 61.2 Å². The maximum Gasteiger partial charge on any atom is 0.310 e. The van der Waals surface area contributed by atoms with Crippen LogP contribution >= 0.6 is 0 Å². The quantitative estimate of drug-likeness (QED) is 0.760. The minimum atomic E-state index is -0.209. The number of ether oxygens (including phenoxy) is 1. The smallest absolute Gasteiger partial charge is 0.310 e. The molecule has 0 radical (unpaired) electrons. The lowest BCUT2D eigenvalue weighted by Crippen LogP contribution is -2.07. The molecule has 0 saturated heterocycles. The third kappa shape index (κ3) is 4.11. The molecule has 2 aromatic rings. The molecule has 0 aliphatic rings. The van der Waals surface area contributed by atoms with E-state index in [1.165, 1.54) is 0 Å². The Kier molecular flexibility index (Phi) is 4.51. The maximum absolute atomic E-state index is 11.7. The normalized spacial score (nSPS) is 9.89. The van der Waals surface area contributed by atoms with Crippen LogP contribution in [-0.2, 0) is 22.6 Å². The highest BCUT2D eigenvalue weighted by atomic mass is 16.5. The average Bonchev–Trinajstić information content (AvgIpc) is 2.47. The molecule has 2 heteroatoms. The highest BCUT2D eigenvalue weighted by Crippen LogP contribution is 2.08. The van der Waals surface area contributed by atoms with E-state index in [2.05, 4.69) is 6.58 Å². The lowest BCUT2D eigenvalue weighted by Gasteiger charge is -2.05. The highest BCUT2D eigenvalue weighted by Gasteiger charge is 2.04. The van der Waals surface area contributed by atoms with Crippen molar-refractivity contribution in [2.75, 3.05) is 0 Å². The molecule has 0 atom stereocenters. The van der Waals surface area contributed by atoms with Gasteiger partial charge >= 0.3 is 5.97 Å². The number of carbonyl (C=O) groups excluding carboxylic acids is 1. The number of hydrogen-bond acceptors (Lipinski definition) is 2. The second-order valence-corrected chi connectivity index (χ2v) is 4.27. The van der Waals surface area contributed by atoms with E-state index in [0.29, 0.717) is 13.0 Å². The number of benzene rings is 2. The number of hydrogen-bond donors (Lipinski definition) is 0. The zero-order chi connectivity index (χ0) is 13.5. The number of esters is 1. The van der Waals surface area contributed by atoms with Crippen molar-refractivity contribution in [3.63, 3.8) is 0 Å². The van der Waals surface area contributed by atoms with Crippen LogP contribution in [0.2, 0.25) is 0 Å². The fraction of sp³-hybridized carbons (Fsp3) is 0.118. The molecule has 0 N–H and O–H groups in total. The van der Waals surface area contributed by atoms with Crippen LogP contribution in [0.25, 0.3) is 6.08 Å². The molecule has 0 heterocycles. The summed E-state index contributed by atoms with van der Waals surface area (Å²) in [6.45, 7) is 4.00. The SMILES string of the molecule is C=Cc1ccc(COC(=O)Cc2ccccc2)cc1. The van der Waals surface area contributed by atoms with E-state index in [4.69, 9.17) is 4.74 Å². The van der Waals surface area contributed by atoms with Crippen molar-refractivity contribution >= 4 is 12.0 Å². The van der Waals surface area contributed by atoms with Crippen molar-refractivity contribution in [3.05, 3.63) is 77.9 Å². The van der Waals surface area contributed by atoms with Gasteiger partial charge in [-0.25, -0.2) is 0 Å². The van der Waals surface area contributed by atoms with E-state index < -0.39 is 0 Å². The largest absolute Gasteiger partial charge is 0.461 e. The summed E-state index contributed by atoms with van der Waals surface area (Å²) < 4.78 is 5.24. The van der Waals surface area contributed by atoms with Gasteiger partial charge in [-0.2, -0.15) is 0 Å². The van der Waals surface area contributed by atoms with Gasteiger partial charge in [0.05, 0.1) is 6.42 Å². The fourth-order valence-electron chi connectivity index (χ4n) is 1.73. The van der Waals surface area contributed by atoms with Crippen molar-refractivity contribution in [3.8, 4) is 0 Å². The van der Waals surface area contributed by atoms with Gasteiger partial charge in [0.25, 0.3) is 0 Å². The lowest BCUT2D eigenvalue weighted by molar-refractivity contribution is -0.144. The van der Waals surface area contributed by atoms with Crippen LogP contribution in [0.1, 0.15) is 16.7 Å². The molecular formula is C17H16O2. The molecule has 0 bridgehead atoms. The fourth-order valence-corrected chi connectivity index (χ4v) is 1.73. The molecule has 2 nitrogen and oxygen atoms in total. The van der Waals surface area contributed by atoms with Crippen molar-refractivity contribution < 1.29 is 9.53 Å². The molecule has 0 saturated carbocycles. The third-order valence-corrected chi connectivity index (χ3v) is 2.81. The Balaban J connectivity index is 1.84. The number of carbonyl (C=O) groups is 1. The minimum absolute atomic E-state index is 0.209. The van der Waals surface area contributed by atoms with Gasteiger partial charge in [-0.3, -0.25) is 4.79 Å². The average molecular weight is 252 g/mol. The third-order valence-electron chi connectivity index (χ3n) is 2.81. The van der Waals surface area contributed by atoms with Crippen LogP contribution in [0.4, 0.5) is 0 Å². The summed E-state index contributed by atoms with van der Waals surface area (Å²) in [4.78, 5) is 11.7. The summed E-state index contributed by atoms with van der Waals surface area (Å²) in [6, 6.07) is 17.4. The van der Waals surface area contributed by atoms with E-state index in [1.807, 2.05) is 54.6 Å². The zero-order valence-electron chi connectivity index (χ0n) is 10.7. The van der Waals surface area contributed by atoms with Crippen molar-refractivity contribution in [1.29, 1.82) is 0 Å². The number of rotatable bonds is 5. The maximum atomic E-state index is 11.7.